The molecule has 0 spiro atoms. The third-order valence-electron chi connectivity index (χ3n) is 4.00. The van der Waals surface area contributed by atoms with E-state index in [2.05, 4.69) is 10.3 Å². The van der Waals surface area contributed by atoms with E-state index >= 15 is 0 Å². The third-order valence-corrected chi connectivity index (χ3v) is 4.21. The molecule has 1 aromatic heterocycles. The van der Waals surface area contributed by atoms with Crippen LogP contribution in [0.3, 0.4) is 0 Å². The van der Waals surface area contributed by atoms with Crippen LogP contribution in [0.2, 0.25) is 5.02 Å². The van der Waals surface area contributed by atoms with Crippen LogP contribution < -0.4 is 5.32 Å². The summed E-state index contributed by atoms with van der Waals surface area (Å²) in [7, 11) is 0. The molecule has 2 rings (SSSR count). The van der Waals surface area contributed by atoms with Gasteiger partial charge in [-0.05, 0) is 33.3 Å². The molecule has 1 unspecified atom stereocenters. The smallest absolute Gasteiger partial charge is 0.325 e. The van der Waals surface area contributed by atoms with Crippen LogP contribution in [0.5, 0.6) is 0 Å². The molecule has 22 heavy (non-hydrogen) atoms. The Bertz CT molecular complexity index is 615. The largest absolute Gasteiger partial charge is 0.465 e. The van der Waals surface area contributed by atoms with Crippen LogP contribution >= 0.6 is 11.6 Å². The number of rotatable bonds is 4. The van der Waals surface area contributed by atoms with E-state index in [4.69, 9.17) is 16.3 Å². The molecule has 0 saturated carbocycles. The maximum absolute atomic E-state index is 12.6. The molecule has 1 aliphatic heterocycles. The molecule has 6 heteroatoms. The van der Waals surface area contributed by atoms with Crippen molar-refractivity contribution in [3.63, 3.8) is 0 Å². The average Bonchev–Trinajstić information content (AvgIpc) is 2.44. The number of nitrogens with zero attached hydrogens (tertiary/aromatic N) is 1. The lowest BCUT2D eigenvalue weighted by Crippen LogP contribution is -2.59. The Hall–Kier alpha value is -1.62. The number of aromatic nitrogens is 1. The quantitative estimate of drug-likeness (QED) is 0.525. The minimum Gasteiger partial charge on any atom is -0.465 e. The first kappa shape index (κ1) is 16.7. The maximum atomic E-state index is 12.6. The summed E-state index contributed by atoms with van der Waals surface area (Å²) in [5, 5.41) is 3.23. The fourth-order valence-electron chi connectivity index (χ4n) is 2.56. The second kappa shape index (κ2) is 5.88. The Balaban J connectivity index is 2.49. The molecule has 0 radical (unpaired) electrons. The van der Waals surface area contributed by atoms with Crippen LogP contribution in [-0.2, 0) is 25.3 Å². The summed E-state index contributed by atoms with van der Waals surface area (Å²) in [6, 6.07) is 1.63. The van der Waals surface area contributed by atoms with Crippen molar-refractivity contribution in [2.45, 2.75) is 51.5 Å². The Labute approximate surface area is 135 Å². The van der Waals surface area contributed by atoms with Crippen LogP contribution in [0.25, 0.3) is 0 Å². The Morgan fingerprint density at radius 3 is 2.73 bits per heavy atom. The molecule has 1 atom stereocenters. The number of halogens is 1. The number of pyridine rings is 1. The summed E-state index contributed by atoms with van der Waals surface area (Å²) in [5.74, 6) is -0.963. The van der Waals surface area contributed by atoms with Crippen molar-refractivity contribution in [1.82, 2.24) is 10.3 Å². The van der Waals surface area contributed by atoms with Gasteiger partial charge >= 0.3 is 5.97 Å². The molecular weight excluding hydrogens is 304 g/mol. The first-order chi connectivity index (χ1) is 10.2. The number of hydrogen-bond donors (Lipinski definition) is 1. The van der Waals surface area contributed by atoms with Crippen molar-refractivity contribution in [3.05, 3.63) is 28.5 Å². The third kappa shape index (κ3) is 2.70. The molecule has 1 aliphatic rings. The number of esters is 1. The number of unbranched alkanes of at least 4 members (excludes halogenated alkanes) is 1. The number of hydrogen-bond acceptors (Lipinski definition) is 4. The summed E-state index contributed by atoms with van der Waals surface area (Å²) in [4.78, 5) is 29.5. The number of ether oxygens (including phenoxy) is 1. The molecule has 0 aromatic carbocycles. The van der Waals surface area contributed by atoms with E-state index in [9.17, 15) is 9.59 Å². The molecule has 1 aromatic rings. The number of amides is 1. The summed E-state index contributed by atoms with van der Waals surface area (Å²) < 4.78 is 5.29. The molecule has 1 N–H and O–H groups in total. The topological polar surface area (TPSA) is 68.3 Å². The van der Waals surface area contributed by atoms with Gasteiger partial charge in [0.05, 0.1) is 22.9 Å². The van der Waals surface area contributed by atoms with Gasteiger partial charge in [-0.1, -0.05) is 24.9 Å². The van der Waals surface area contributed by atoms with E-state index in [0.717, 1.165) is 12.8 Å². The first-order valence-corrected chi connectivity index (χ1v) is 7.77. The second-order valence-corrected chi connectivity index (χ2v) is 6.68. The minimum atomic E-state index is -1.43. The lowest BCUT2D eigenvalue weighted by atomic mass is 9.73. The normalized spacial score (nSPS) is 22.7. The maximum Gasteiger partial charge on any atom is 0.325 e. The SMILES string of the molecule is CCCCOC(=O)C1(C)C(=O)NC(C)(C)c2ncc(Cl)cc21. The van der Waals surface area contributed by atoms with Gasteiger partial charge < -0.3 is 10.1 Å². The first-order valence-electron chi connectivity index (χ1n) is 7.39. The Kier molecular flexibility index (Phi) is 4.47. The standard InChI is InChI=1S/C16H21ClN2O3/c1-5-6-7-22-14(21)16(4)11-8-10(17)9-18-12(11)15(2,3)19-13(16)20/h8-9H,5-7H2,1-4H3,(H,19,20). The molecule has 2 heterocycles. The molecular formula is C16H21ClN2O3. The molecule has 1 amide bonds. The van der Waals surface area contributed by atoms with Gasteiger partial charge in [-0.15, -0.1) is 0 Å². The van der Waals surface area contributed by atoms with Gasteiger partial charge in [0, 0.05) is 11.8 Å². The second-order valence-electron chi connectivity index (χ2n) is 6.24. The van der Waals surface area contributed by atoms with Crippen LogP contribution in [0.15, 0.2) is 12.3 Å². The number of carbonyl (C=O) groups is 2. The fourth-order valence-corrected chi connectivity index (χ4v) is 2.72. The molecule has 0 fully saturated rings. The van der Waals surface area contributed by atoms with E-state index in [1.54, 1.807) is 13.0 Å². The van der Waals surface area contributed by atoms with Gasteiger partial charge in [0.15, 0.2) is 5.41 Å². The van der Waals surface area contributed by atoms with Crippen molar-refractivity contribution in [2.75, 3.05) is 6.61 Å². The lowest BCUT2D eigenvalue weighted by Gasteiger charge is -2.40. The van der Waals surface area contributed by atoms with Crippen LogP contribution in [-0.4, -0.2) is 23.5 Å². The Morgan fingerprint density at radius 1 is 1.41 bits per heavy atom. The highest BCUT2D eigenvalue weighted by Gasteiger charge is 2.53. The average molecular weight is 325 g/mol. The van der Waals surface area contributed by atoms with Gasteiger partial charge in [0.2, 0.25) is 5.91 Å². The zero-order chi connectivity index (χ0) is 16.5. The van der Waals surface area contributed by atoms with E-state index in [1.807, 2.05) is 20.8 Å². The van der Waals surface area contributed by atoms with Gasteiger partial charge in [-0.25, -0.2) is 0 Å². The van der Waals surface area contributed by atoms with E-state index in [-0.39, 0.29) is 0 Å². The molecule has 0 saturated heterocycles. The van der Waals surface area contributed by atoms with Gasteiger partial charge in [-0.3, -0.25) is 14.6 Å². The minimum absolute atomic E-state index is 0.297. The van der Waals surface area contributed by atoms with Gasteiger partial charge in [0.25, 0.3) is 0 Å². The molecule has 0 aliphatic carbocycles. The summed E-state index contributed by atoms with van der Waals surface area (Å²) >= 11 is 6.03. The van der Waals surface area contributed by atoms with Crippen LogP contribution in [0.4, 0.5) is 0 Å². The van der Waals surface area contributed by atoms with E-state index in [0.29, 0.717) is 22.9 Å². The van der Waals surface area contributed by atoms with Gasteiger partial charge in [-0.2, -0.15) is 0 Å². The predicted molar refractivity (Wildman–Crippen MR) is 83.6 cm³/mol. The molecule has 120 valence electrons. The van der Waals surface area contributed by atoms with Crippen LogP contribution in [0.1, 0.15) is 51.8 Å². The van der Waals surface area contributed by atoms with Crippen molar-refractivity contribution in [2.24, 2.45) is 0 Å². The Morgan fingerprint density at radius 2 is 2.09 bits per heavy atom. The zero-order valence-corrected chi connectivity index (χ0v) is 14.1. The summed E-state index contributed by atoms with van der Waals surface area (Å²) in [6.07, 6.45) is 3.19. The monoisotopic (exact) mass is 324 g/mol. The number of carbonyl (C=O) groups excluding carboxylic acids is 2. The van der Waals surface area contributed by atoms with Crippen molar-refractivity contribution in [1.29, 1.82) is 0 Å². The predicted octanol–water partition coefficient (Wildman–Crippen LogP) is 2.70. The summed E-state index contributed by atoms with van der Waals surface area (Å²) in [6.45, 7) is 7.54. The van der Waals surface area contributed by atoms with Crippen molar-refractivity contribution >= 4 is 23.5 Å². The lowest BCUT2D eigenvalue weighted by molar-refractivity contribution is -0.155. The molecule has 5 nitrogen and oxygen atoms in total. The highest BCUT2D eigenvalue weighted by Crippen LogP contribution is 2.39. The molecule has 0 bridgehead atoms. The highest BCUT2D eigenvalue weighted by atomic mass is 35.5. The van der Waals surface area contributed by atoms with E-state index < -0.39 is 22.8 Å². The van der Waals surface area contributed by atoms with Crippen molar-refractivity contribution < 1.29 is 14.3 Å². The van der Waals surface area contributed by atoms with Gasteiger partial charge in [0.1, 0.15) is 0 Å². The summed E-state index contributed by atoms with van der Waals surface area (Å²) in [5.41, 5.74) is -0.960. The number of nitrogens with one attached hydrogen (secondary N) is 1. The van der Waals surface area contributed by atoms with E-state index in [1.165, 1.54) is 6.20 Å². The fraction of sp³-hybridized carbons (Fsp3) is 0.562. The van der Waals surface area contributed by atoms with Crippen LogP contribution in [0, 0.1) is 0 Å². The highest BCUT2D eigenvalue weighted by molar-refractivity contribution is 6.30. The zero-order valence-electron chi connectivity index (χ0n) is 13.3. The van der Waals surface area contributed by atoms with Crippen molar-refractivity contribution in [3.8, 4) is 0 Å². The number of fused-ring (bicyclic) bond motifs is 1.